The summed E-state index contributed by atoms with van der Waals surface area (Å²) in [6.45, 7) is 2.05. The third-order valence-corrected chi connectivity index (χ3v) is 7.81. The number of sulfone groups is 1. The second-order valence-corrected chi connectivity index (χ2v) is 11.4. The van der Waals surface area contributed by atoms with Gasteiger partial charge in [-0.05, 0) is 72.0 Å². The second kappa shape index (κ2) is 9.47. The summed E-state index contributed by atoms with van der Waals surface area (Å²) in [5.74, 6) is 0.195. The van der Waals surface area contributed by atoms with Crippen LogP contribution in [-0.4, -0.2) is 14.7 Å². The zero-order valence-electron chi connectivity index (χ0n) is 17.7. The molecule has 0 spiro atoms. The molecule has 0 N–H and O–H groups in total. The smallest absolute Gasteiger partial charge is 0.175 e. The lowest BCUT2D eigenvalue weighted by Gasteiger charge is -2.15. The topological polar surface area (TPSA) is 43.4 Å². The summed E-state index contributed by atoms with van der Waals surface area (Å²) in [6.07, 6.45) is 1.20. The molecule has 8 heteroatoms. The molecule has 0 atom stereocenters. The van der Waals surface area contributed by atoms with Crippen molar-refractivity contribution in [2.24, 2.45) is 0 Å². The van der Waals surface area contributed by atoms with Gasteiger partial charge in [0.25, 0.3) is 0 Å². The van der Waals surface area contributed by atoms with Crippen LogP contribution in [0.4, 0.5) is 4.39 Å². The molecular weight excluding hydrogens is 502 g/mol. The van der Waals surface area contributed by atoms with E-state index < -0.39 is 15.7 Å². The second-order valence-electron chi connectivity index (χ2n) is 7.58. The van der Waals surface area contributed by atoms with Crippen LogP contribution >= 0.6 is 34.5 Å². The molecule has 0 saturated carbocycles. The highest BCUT2D eigenvalue weighted by Crippen LogP contribution is 2.43. The van der Waals surface area contributed by atoms with Crippen LogP contribution in [0, 0.1) is 12.7 Å². The van der Waals surface area contributed by atoms with E-state index in [9.17, 15) is 12.8 Å². The van der Waals surface area contributed by atoms with Crippen molar-refractivity contribution in [1.29, 1.82) is 0 Å². The van der Waals surface area contributed by atoms with Gasteiger partial charge in [0.1, 0.15) is 18.2 Å². The lowest BCUT2D eigenvalue weighted by molar-refractivity contribution is 0.307. The average molecular weight is 521 g/mol. The number of hydrogen-bond acceptors (Lipinski definition) is 4. The van der Waals surface area contributed by atoms with E-state index in [1.807, 2.05) is 30.5 Å². The highest BCUT2D eigenvalue weighted by molar-refractivity contribution is 7.90. The van der Waals surface area contributed by atoms with Gasteiger partial charge in [0.05, 0.1) is 9.92 Å². The Labute approximate surface area is 206 Å². The first-order valence-electron chi connectivity index (χ1n) is 9.88. The summed E-state index contributed by atoms with van der Waals surface area (Å²) in [4.78, 5) is 1.25. The maximum Gasteiger partial charge on any atom is 0.175 e. The van der Waals surface area contributed by atoms with E-state index in [-0.39, 0.29) is 11.5 Å². The molecule has 3 aromatic carbocycles. The zero-order chi connectivity index (χ0) is 23.8. The van der Waals surface area contributed by atoms with Crippen LogP contribution in [-0.2, 0) is 16.4 Å². The predicted molar refractivity (Wildman–Crippen MR) is 134 cm³/mol. The summed E-state index contributed by atoms with van der Waals surface area (Å²) < 4.78 is 43.3. The minimum Gasteiger partial charge on any atom is -0.488 e. The highest BCUT2D eigenvalue weighted by atomic mass is 35.5. The van der Waals surface area contributed by atoms with Gasteiger partial charge in [0, 0.05) is 32.8 Å². The van der Waals surface area contributed by atoms with Crippen LogP contribution in [0.25, 0.3) is 21.6 Å². The van der Waals surface area contributed by atoms with Crippen LogP contribution in [0.1, 0.15) is 11.1 Å². The minimum absolute atomic E-state index is 0.162. The molecule has 1 aromatic heterocycles. The van der Waals surface area contributed by atoms with Gasteiger partial charge in [0.15, 0.2) is 9.84 Å². The van der Waals surface area contributed by atoms with E-state index in [2.05, 4.69) is 0 Å². The third-order valence-electron chi connectivity index (χ3n) is 5.17. The van der Waals surface area contributed by atoms with E-state index in [0.29, 0.717) is 21.4 Å². The summed E-state index contributed by atoms with van der Waals surface area (Å²) in [7, 11) is -3.29. The molecule has 4 rings (SSSR count). The fourth-order valence-corrected chi connectivity index (χ4v) is 5.59. The number of thiophene rings is 1. The van der Waals surface area contributed by atoms with Crippen molar-refractivity contribution in [2.45, 2.75) is 18.4 Å². The molecular formula is C25H19Cl2FO3S2. The normalized spacial score (nSPS) is 11.5. The Kier molecular flexibility index (Phi) is 6.82. The van der Waals surface area contributed by atoms with E-state index in [1.54, 1.807) is 41.7 Å². The van der Waals surface area contributed by atoms with E-state index in [1.165, 1.54) is 18.4 Å². The molecule has 0 fully saturated rings. The molecule has 0 bridgehead atoms. The van der Waals surface area contributed by atoms with E-state index >= 15 is 0 Å². The SMILES string of the molecule is Cc1cc(S(C)(=O)=O)ccc1-c1sccc1-c1cc(Cl)ccc1OCc1ccc(F)cc1Cl. The predicted octanol–water partition coefficient (Wildman–Crippen LogP) is 7.82. The lowest BCUT2D eigenvalue weighted by Crippen LogP contribution is -1.99. The lowest BCUT2D eigenvalue weighted by atomic mass is 9.99. The van der Waals surface area contributed by atoms with Gasteiger partial charge in [-0.2, -0.15) is 0 Å². The van der Waals surface area contributed by atoms with E-state index in [0.717, 1.165) is 27.1 Å². The monoisotopic (exact) mass is 520 g/mol. The van der Waals surface area contributed by atoms with Crippen molar-refractivity contribution in [1.82, 2.24) is 0 Å². The Morgan fingerprint density at radius 3 is 2.42 bits per heavy atom. The van der Waals surface area contributed by atoms with Gasteiger partial charge in [-0.25, -0.2) is 12.8 Å². The molecule has 0 aliphatic rings. The van der Waals surface area contributed by atoms with Crippen molar-refractivity contribution in [3.63, 3.8) is 0 Å². The Morgan fingerprint density at radius 1 is 0.939 bits per heavy atom. The van der Waals surface area contributed by atoms with Gasteiger partial charge < -0.3 is 4.74 Å². The first-order valence-corrected chi connectivity index (χ1v) is 13.4. The molecule has 0 saturated heterocycles. The first-order chi connectivity index (χ1) is 15.6. The number of aryl methyl sites for hydroxylation is 1. The molecule has 3 nitrogen and oxygen atoms in total. The van der Waals surface area contributed by atoms with E-state index in [4.69, 9.17) is 27.9 Å². The number of benzene rings is 3. The van der Waals surface area contributed by atoms with Gasteiger partial charge in [-0.3, -0.25) is 0 Å². The molecule has 0 aliphatic carbocycles. The summed E-state index contributed by atoms with van der Waals surface area (Å²) >= 11 is 14.0. The van der Waals surface area contributed by atoms with Gasteiger partial charge >= 0.3 is 0 Å². The van der Waals surface area contributed by atoms with Crippen LogP contribution in [0.15, 0.2) is 70.9 Å². The largest absolute Gasteiger partial charge is 0.488 e. The van der Waals surface area contributed by atoms with Crippen molar-refractivity contribution < 1.29 is 17.5 Å². The molecule has 4 aromatic rings. The Balaban J connectivity index is 1.73. The number of halogens is 3. The summed E-state index contributed by atoms with van der Waals surface area (Å²) in [5, 5.41) is 2.82. The van der Waals surface area contributed by atoms with Gasteiger partial charge in [-0.1, -0.05) is 35.3 Å². The van der Waals surface area contributed by atoms with Crippen molar-refractivity contribution in [3.8, 4) is 27.3 Å². The summed E-state index contributed by atoms with van der Waals surface area (Å²) in [5.41, 5.74) is 4.15. The number of ether oxygens (including phenoxy) is 1. The van der Waals surface area contributed by atoms with Crippen molar-refractivity contribution in [3.05, 3.63) is 93.0 Å². The number of rotatable bonds is 6. The Hall–Kier alpha value is -2.38. The average Bonchev–Trinajstić information content (AvgIpc) is 3.22. The third kappa shape index (κ3) is 5.25. The van der Waals surface area contributed by atoms with Gasteiger partial charge in [-0.15, -0.1) is 11.3 Å². The minimum atomic E-state index is -3.29. The zero-order valence-corrected chi connectivity index (χ0v) is 20.9. The summed E-state index contributed by atoms with van der Waals surface area (Å²) in [6, 6.07) is 16.6. The van der Waals surface area contributed by atoms with Crippen LogP contribution in [0.5, 0.6) is 5.75 Å². The molecule has 0 aliphatic heterocycles. The maximum atomic E-state index is 13.4. The molecule has 170 valence electrons. The maximum absolute atomic E-state index is 13.4. The first kappa shape index (κ1) is 23.8. The molecule has 33 heavy (non-hydrogen) atoms. The standard InChI is InChI=1S/C25H19Cl2FO3S2/c1-15-11-19(33(2,29)30)6-7-20(15)25-21(9-10-32-25)22-12-17(26)4-8-24(22)31-14-16-3-5-18(28)13-23(16)27/h3-13H,14H2,1-2H3. The Bertz CT molecular complexity index is 1450. The molecule has 0 radical (unpaired) electrons. The highest BCUT2D eigenvalue weighted by Gasteiger charge is 2.18. The van der Waals surface area contributed by atoms with Gasteiger partial charge in [0.2, 0.25) is 0 Å². The van der Waals surface area contributed by atoms with Crippen LogP contribution in [0.3, 0.4) is 0 Å². The van der Waals surface area contributed by atoms with Crippen molar-refractivity contribution >= 4 is 44.4 Å². The van der Waals surface area contributed by atoms with Crippen LogP contribution < -0.4 is 4.74 Å². The van der Waals surface area contributed by atoms with Crippen LogP contribution in [0.2, 0.25) is 10.0 Å². The van der Waals surface area contributed by atoms with Crippen molar-refractivity contribution in [2.75, 3.05) is 6.26 Å². The number of hydrogen-bond donors (Lipinski definition) is 0. The fourth-order valence-electron chi connectivity index (χ4n) is 3.48. The molecule has 1 heterocycles. The Morgan fingerprint density at radius 2 is 1.73 bits per heavy atom. The molecule has 0 unspecified atom stereocenters. The molecule has 0 amide bonds. The quantitative estimate of drug-likeness (QED) is 0.260. The fraction of sp³-hybridized carbons (Fsp3) is 0.120.